The molecule has 0 fully saturated rings. The van der Waals surface area contributed by atoms with Crippen LogP contribution in [-0.4, -0.2) is 24.7 Å². The van der Waals surface area contributed by atoms with Crippen LogP contribution in [0.15, 0.2) is 71.8 Å². The van der Waals surface area contributed by atoms with Crippen LogP contribution in [0.25, 0.3) is 11.3 Å². The van der Waals surface area contributed by atoms with Crippen molar-refractivity contribution in [3.8, 4) is 11.3 Å². The number of benzene rings is 2. The highest BCUT2D eigenvalue weighted by molar-refractivity contribution is 7.89. The minimum absolute atomic E-state index is 0.288. The third-order valence-electron chi connectivity index (χ3n) is 3.83. The highest BCUT2D eigenvalue weighted by atomic mass is 32.2. The maximum atomic E-state index is 12.1. The summed E-state index contributed by atoms with van der Waals surface area (Å²) < 4.78 is 28.8. The molecule has 1 N–H and O–H groups in total. The van der Waals surface area contributed by atoms with E-state index in [-0.39, 0.29) is 4.90 Å². The van der Waals surface area contributed by atoms with Gasteiger partial charge in [-0.25, -0.2) is 13.1 Å². The van der Waals surface area contributed by atoms with Crippen molar-refractivity contribution in [3.05, 3.63) is 72.4 Å². The second kappa shape index (κ2) is 6.98. The lowest BCUT2D eigenvalue weighted by Gasteiger charge is -2.08. The van der Waals surface area contributed by atoms with Gasteiger partial charge in [0.1, 0.15) is 0 Å². The summed E-state index contributed by atoms with van der Waals surface area (Å²) in [7, 11) is -1.54. The first-order chi connectivity index (χ1) is 11.6. The minimum Gasteiger partial charge on any atom is -0.268 e. The van der Waals surface area contributed by atoms with Crippen LogP contribution >= 0.6 is 0 Å². The SMILES string of the molecule is Cn1nccc1-c1ccc(CCNS(=O)(=O)c2ccccc2)cc1. The Morgan fingerprint density at radius 3 is 2.33 bits per heavy atom. The number of rotatable bonds is 6. The van der Waals surface area contributed by atoms with Gasteiger partial charge in [0, 0.05) is 19.8 Å². The van der Waals surface area contributed by atoms with Crippen molar-refractivity contribution in [3.63, 3.8) is 0 Å². The van der Waals surface area contributed by atoms with E-state index in [0.717, 1.165) is 16.8 Å². The molecule has 0 aliphatic rings. The third-order valence-corrected chi connectivity index (χ3v) is 5.31. The Balaban J connectivity index is 1.61. The molecule has 0 aliphatic carbocycles. The molecule has 5 nitrogen and oxygen atoms in total. The number of hydrogen-bond acceptors (Lipinski definition) is 3. The van der Waals surface area contributed by atoms with Gasteiger partial charge in [0.15, 0.2) is 0 Å². The van der Waals surface area contributed by atoms with Crippen molar-refractivity contribution in [2.75, 3.05) is 6.54 Å². The van der Waals surface area contributed by atoms with E-state index in [0.29, 0.717) is 13.0 Å². The maximum absolute atomic E-state index is 12.1. The monoisotopic (exact) mass is 341 g/mol. The zero-order valence-electron chi connectivity index (χ0n) is 13.4. The quantitative estimate of drug-likeness (QED) is 0.749. The number of nitrogens with one attached hydrogen (secondary N) is 1. The van der Waals surface area contributed by atoms with E-state index >= 15 is 0 Å². The zero-order chi connectivity index (χ0) is 17.0. The van der Waals surface area contributed by atoms with Crippen LogP contribution in [0.5, 0.6) is 0 Å². The summed E-state index contributed by atoms with van der Waals surface area (Å²) >= 11 is 0. The number of nitrogens with zero attached hydrogens (tertiary/aromatic N) is 2. The predicted molar refractivity (Wildman–Crippen MR) is 94.0 cm³/mol. The topological polar surface area (TPSA) is 64.0 Å². The second-order valence-electron chi connectivity index (χ2n) is 5.50. The Labute approximate surface area is 142 Å². The van der Waals surface area contributed by atoms with Crippen LogP contribution in [0, 0.1) is 0 Å². The van der Waals surface area contributed by atoms with E-state index < -0.39 is 10.0 Å². The van der Waals surface area contributed by atoms with Gasteiger partial charge < -0.3 is 0 Å². The summed E-state index contributed by atoms with van der Waals surface area (Å²) in [6.07, 6.45) is 2.40. The lowest BCUT2D eigenvalue weighted by atomic mass is 10.1. The highest BCUT2D eigenvalue weighted by Crippen LogP contribution is 2.18. The smallest absolute Gasteiger partial charge is 0.240 e. The molecule has 3 rings (SSSR count). The molecule has 124 valence electrons. The first kappa shape index (κ1) is 16.4. The Morgan fingerprint density at radius 1 is 1.00 bits per heavy atom. The number of sulfonamides is 1. The summed E-state index contributed by atoms with van der Waals surface area (Å²) in [6.45, 7) is 0.363. The number of aromatic nitrogens is 2. The Hall–Kier alpha value is -2.44. The van der Waals surface area contributed by atoms with Gasteiger partial charge in [-0.05, 0) is 35.7 Å². The lowest BCUT2D eigenvalue weighted by Crippen LogP contribution is -2.25. The molecule has 0 unspecified atom stereocenters. The van der Waals surface area contributed by atoms with Gasteiger partial charge in [-0.15, -0.1) is 0 Å². The van der Waals surface area contributed by atoms with Crippen molar-refractivity contribution in [1.29, 1.82) is 0 Å². The molecule has 24 heavy (non-hydrogen) atoms. The molecular formula is C18H19N3O2S. The molecule has 0 amide bonds. The number of aryl methyl sites for hydroxylation is 1. The van der Waals surface area contributed by atoms with Crippen LogP contribution in [0.2, 0.25) is 0 Å². The molecule has 0 atom stereocenters. The average Bonchev–Trinajstić information content (AvgIpc) is 3.02. The molecule has 3 aromatic rings. The van der Waals surface area contributed by atoms with E-state index in [1.807, 2.05) is 42.1 Å². The lowest BCUT2D eigenvalue weighted by molar-refractivity contribution is 0.581. The van der Waals surface area contributed by atoms with E-state index in [1.165, 1.54) is 0 Å². The summed E-state index contributed by atoms with van der Waals surface area (Å²) in [4.78, 5) is 0.288. The maximum Gasteiger partial charge on any atom is 0.240 e. The van der Waals surface area contributed by atoms with Gasteiger partial charge in [0.05, 0.1) is 10.6 Å². The van der Waals surface area contributed by atoms with E-state index in [2.05, 4.69) is 9.82 Å². The average molecular weight is 341 g/mol. The fourth-order valence-electron chi connectivity index (χ4n) is 2.51. The third kappa shape index (κ3) is 3.72. The zero-order valence-corrected chi connectivity index (χ0v) is 14.2. The molecular weight excluding hydrogens is 322 g/mol. The van der Waals surface area contributed by atoms with E-state index in [4.69, 9.17) is 0 Å². The fourth-order valence-corrected chi connectivity index (χ4v) is 3.56. The molecule has 0 saturated carbocycles. The summed E-state index contributed by atoms with van der Waals surface area (Å²) in [5.74, 6) is 0. The molecule has 1 aromatic heterocycles. The highest BCUT2D eigenvalue weighted by Gasteiger charge is 2.12. The van der Waals surface area contributed by atoms with Crippen molar-refractivity contribution in [1.82, 2.24) is 14.5 Å². The van der Waals surface area contributed by atoms with Gasteiger partial charge in [0.25, 0.3) is 0 Å². The first-order valence-corrected chi connectivity index (χ1v) is 9.16. The molecule has 0 saturated heterocycles. The summed E-state index contributed by atoms with van der Waals surface area (Å²) in [5.41, 5.74) is 3.21. The van der Waals surface area contributed by atoms with Crippen molar-refractivity contribution >= 4 is 10.0 Å². The van der Waals surface area contributed by atoms with Crippen LogP contribution in [0.1, 0.15) is 5.56 Å². The molecule has 0 spiro atoms. The summed E-state index contributed by atoms with van der Waals surface area (Å²) in [6, 6.07) is 18.4. The van der Waals surface area contributed by atoms with Gasteiger partial charge in [-0.3, -0.25) is 4.68 Å². The molecule has 0 radical (unpaired) electrons. The van der Waals surface area contributed by atoms with Gasteiger partial charge in [-0.2, -0.15) is 5.10 Å². The predicted octanol–water partition coefficient (Wildman–Crippen LogP) is 2.61. The van der Waals surface area contributed by atoms with Gasteiger partial charge in [0.2, 0.25) is 10.0 Å². The molecule has 6 heteroatoms. The van der Waals surface area contributed by atoms with Crippen LogP contribution in [0.4, 0.5) is 0 Å². The van der Waals surface area contributed by atoms with Gasteiger partial charge >= 0.3 is 0 Å². The standard InChI is InChI=1S/C18H19N3O2S/c1-21-18(12-13-19-21)16-9-7-15(8-10-16)11-14-20-24(22,23)17-5-3-2-4-6-17/h2-10,12-13,20H,11,14H2,1H3. The minimum atomic E-state index is -3.44. The van der Waals surface area contributed by atoms with Crippen molar-refractivity contribution < 1.29 is 8.42 Å². The first-order valence-electron chi connectivity index (χ1n) is 7.68. The van der Waals surface area contributed by atoms with E-state index in [1.54, 1.807) is 36.5 Å². The Morgan fingerprint density at radius 2 is 1.71 bits per heavy atom. The largest absolute Gasteiger partial charge is 0.268 e. The van der Waals surface area contributed by atoms with Crippen molar-refractivity contribution in [2.24, 2.45) is 7.05 Å². The molecule has 0 aliphatic heterocycles. The van der Waals surface area contributed by atoms with Gasteiger partial charge in [-0.1, -0.05) is 42.5 Å². The van der Waals surface area contributed by atoms with E-state index in [9.17, 15) is 8.42 Å². The van der Waals surface area contributed by atoms with Crippen LogP contribution in [-0.2, 0) is 23.5 Å². The number of hydrogen-bond donors (Lipinski definition) is 1. The Bertz CT molecular complexity index is 901. The Kier molecular flexibility index (Phi) is 4.78. The van der Waals surface area contributed by atoms with Crippen LogP contribution in [0.3, 0.4) is 0 Å². The molecule has 0 bridgehead atoms. The summed E-state index contributed by atoms with van der Waals surface area (Å²) in [5, 5.41) is 4.16. The second-order valence-corrected chi connectivity index (χ2v) is 7.26. The fraction of sp³-hybridized carbons (Fsp3) is 0.167. The van der Waals surface area contributed by atoms with Crippen LogP contribution < -0.4 is 4.72 Å². The molecule has 1 heterocycles. The van der Waals surface area contributed by atoms with Crippen molar-refractivity contribution in [2.45, 2.75) is 11.3 Å². The molecule has 2 aromatic carbocycles. The normalized spacial score (nSPS) is 11.5.